The number of carbonyl (C=O) groups is 1. The van der Waals surface area contributed by atoms with Crippen molar-refractivity contribution in [2.24, 2.45) is 0 Å². The number of hydrogen-bond donors (Lipinski definition) is 0. The lowest BCUT2D eigenvalue weighted by molar-refractivity contribution is -0.385. The average Bonchev–Trinajstić information content (AvgIpc) is 2.53. The van der Waals surface area contributed by atoms with E-state index in [-0.39, 0.29) is 11.6 Å². The van der Waals surface area contributed by atoms with Gasteiger partial charge in [0.05, 0.1) is 12.0 Å². The summed E-state index contributed by atoms with van der Waals surface area (Å²) in [6.45, 7) is 2.04. The van der Waals surface area contributed by atoms with Crippen LogP contribution < -0.4 is 4.74 Å². The molecule has 0 atom stereocenters. The number of amides is 1. The topological polar surface area (TPSA) is 72.7 Å². The zero-order chi connectivity index (χ0) is 17.0. The first-order valence-corrected chi connectivity index (χ1v) is 7.06. The minimum atomic E-state index is -0.455. The predicted octanol–water partition coefficient (Wildman–Crippen LogP) is 3.18. The Morgan fingerprint density at radius 3 is 2.61 bits per heavy atom. The second kappa shape index (κ2) is 6.91. The fraction of sp³-hybridized carbons (Fsp3) is 0.235. The van der Waals surface area contributed by atoms with Crippen LogP contribution >= 0.6 is 0 Å². The van der Waals surface area contributed by atoms with Crippen molar-refractivity contribution < 1.29 is 14.5 Å². The first-order chi connectivity index (χ1) is 10.9. The molecule has 0 aliphatic heterocycles. The zero-order valence-electron chi connectivity index (χ0n) is 13.3. The number of rotatable bonds is 5. The van der Waals surface area contributed by atoms with Crippen LogP contribution in [0.4, 0.5) is 5.69 Å². The van der Waals surface area contributed by atoms with Crippen molar-refractivity contribution in [3.05, 3.63) is 69.3 Å². The molecule has 6 nitrogen and oxygen atoms in total. The number of methoxy groups -OCH3 is 1. The molecule has 0 saturated carbocycles. The minimum absolute atomic E-state index is 0.0111. The van der Waals surface area contributed by atoms with E-state index in [1.165, 1.54) is 12.1 Å². The Morgan fingerprint density at radius 2 is 2.00 bits per heavy atom. The largest absolute Gasteiger partial charge is 0.497 e. The highest BCUT2D eigenvalue weighted by Crippen LogP contribution is 2.20. The second-order valence-electron chi connectivity index (χ2n) is 5.27. The first kappa shape index (κ1) is 16.5. The van der Waals surface area contributed by atoms with Crippen molar-refractivity contribution in [1.82, 2.24) is 4.90 Å². The first-order valence-electron chi connectivity index (χ1n) is 7.06. The van der Waals surface area contributed by atoms with Crippen LogP contribution in [0.3, 0.4) is 0 Å². The number of ether oxygens (including phenoxy) is 1. The Kier molecular flexibility index (Phi) is 4.95. The summed E-state index contributed by atoms with van der Waals surface area (Å²) in [7, 11) is 3.28. The average molecular weight is 314 g/mol. The Hall–Kier alpha value is -2.89. The molecule has 1 amide bonds. The van der Waals surface area contributed by atoms with Gasteiger partial charge >= 0.3 is 0 Å². The summed E-state index contributed by atoms with van der Waals surface area (Å²) in [6, 6.07) is 11.9. The van der Waals surface area contributed by atoms with Crippen LogP contribution in [0.15, 0.2) is 42.5 Å². The van der Waals surface area contributed by atoms with E-state index in [4.69, 9.17) is 4.74 Å². The lowest BCUT2D eigenvalue weighted by Crippen LogP contribution is -2.26. The molecule has 0 spiro atoms. The van der Waals surface area contributed by atoms with Crippen molar-refractivity contribution >= 4 is 11.6 Å². The van der Waals surface area contributed by atoms with Gasteiger partial charge in [-0.1, -0.05) is 12.1 Å². The summed E-state index contributed by atoms with van der Waals surface area (Å²) in [5.74, 6) is 0.542. The number of nitro groups is 1. The molecule has 2 rings (SSSR count). The van der Waals surface area contributed by atoms with Crippen LogP contribution in [0.5, 0.6) is 5.75 Å². The van der Waals surface area contributed by atoms with Gasteiger partial charge in [-0.2, -0.15) is 0 Å². The van der Waals surface area contributed by atoms with Crippen molar-refractivity contribution in [3.8, 4) is 5.75 Å². The third kappa shape index (κ3) is 3.85. The van der Waals surface area contributed by atoms with Gasteiger partial charge < -0.3 is 9.64 Å². The van der Waals surface area contributed by atoms with Gasteiger partial charge in [0.15, 0.2) is 0 Å². The molecule has 2 aromatic rings. The van der Waals surface area contributed by atoms with Crippen LogP contribution in [0.2, 0.25) is 0 Å². The SMILES string of the molecule is COc1cccc(CN(C)C(=O)c2ccc([N+](=O)[O-])c(C)c2)c1. The van der Waals surface area contributed by atoms with E-state index in [1.54, 1.807) is 32.0 Å². The monoisotopic (exact) mass is 314 g/mol. The molecular weight excluding hydrogens is 296 g/mol. The smallest absolute Gasteiger partial charge is 0.272 e. The normalized spacial score (nSPS) is 10.2. The molecule has 0 bridgehead atoms. The third-order valence-corrected chi connectivity index (χ3v) is 3.54. The van der Waals surface area contributed by atoms with Crippen molar-refractivity contribution in [2.75, 3.05) is 14.2 Å². The molecule has 0 aromatic heterocycles. The Morgan fingerprint density at radius 1 is 1.26 bits per heavy atom. The van der Waals surface area contributed by atoms with E-state index in [9.17, 15) is 14.9 Å². The summed E-state index contributed by atoms with van der Waals surface area (Å²) in [5, 5.41) is 10.8. The molecule has 0 N–H and O–H groups in total. The number of hydrogen-bond acceptors (Lipinski definition) is 4. The van der Waals surface area contributed by atoms with E-state index in [1.807, 2.05) is 24.3 Å². The molecule has 23 heavy (non-hydrogen) atoms. The maximum Gasteiger partial charge on any atom is 0.272 e. The number of benzene rings is 2. The number of nitro benzene ring substituents is 1. The van der Waals surface area contributed by atoms with E-state index in [2.05, 4.69) is 0 Å². The Labute approximate surface area is 134 Å². The second-order valence-corrected chi connectivity index (χ2v) is 5.27. The summed E-state index contributed by atoms with van der Waals surface area (Å²) in [4.78, 5) is 24.4. The van der Waals surface area contributed by atoms with Gasteiger partial charge in [-0.25, -0.2) is 0 Å². The molecule has 2 aromatic carbocycles. The molecule has 120 valence electrons. The van der Waals surface area contributed by atoms with E-state index in [0.717, 1.165) is 11.3 Å². The van der Waals surface area contributed by atoms with Gasteiger partial charge in [0, 0.05) is 30.8 Å². The Bertz CT molecular complexity index is 743. The molecule has 0 unspecified atom stereocenters. The molecule has 0 saturated heterocycles. The Balaban J connectivity index is 2.16. The maximum atomic E-state index is 12.5. The standard InChI is InChI=1S/C17H18N2O4/c1-12-9-14(7-8-16(12)19(21)22)17(20)18(2)11-13-5-4-6-15(10-13)23-3/h4-10H,11H2,1-3H3. The van der Waals surface area contributed by atoms with E-state index in [0.29, 0.717) is 17.7 Å². The van der Waals surface area contributed by atoms with E-state index >= 15 is 0 Å². The number of aryl methyl sites for hydroxylation is 1. The molecule has 0 aliphatic rings. The van der Waals surface area contributed by atoms with Crippen LogP contribution in [0.1, 0.15) is 21.5 Å². The van der Waals surface area contributed by atoms with Gasteiger partial charge in [0.2, 0.25) is 0 Å². The van der Waals surface area contributed by atoms with Gasteiger partial charge in [-0.3, -0.25) is 14.9 Å². The molecule has 6 heteroatoms. The van der Waals surface area contributed by atoms with Crippen molar-refractivity contribution in [3.63, 3.8) is 0 Å². The highest BCUT2D eigenvalue weighted by molar-refractivity contribution is 5.94. The maximum absolute atomic E-state index is 12.5. The highest BCUT2D eigenvalue weighted by Gasteiger charge is 2.16. The summed E-state index contributed by atoms with van der Waals surface area (Å²) >= 11 is 0. The molecule has 0 aliphatic carbocycles. The minimum Gasteiger partial charge on any atom is -0.497 e. The summed E-state index contributed by atoms with van der Waals surface area (Å²) in [6.07, 6.45) is 0. The zero-order valence-corrected chi connectivity index (χ0v) is 13.3. The van der Waals surface area contributed by atoms with Crippen molar-refractivity contribution in [1.29, 1.82) is 0 Å². The summed E-state index contributed by atoms with van der Waals surface area (Å²) < 4.78 is 5.17. The molecular formula is C17H18N2O4. The van der Waals surface area contributed by atoms with Gasteiger partial charge in [0.25, 0.3) is 11.6 Å². The fourth-order valence-electron chi connectivity index (χ4n) is 2.33. The summed E-state index contributed by atoms with van der Waals surface area (Å²) in [5.41, 5.74) is 1.85. The quantitative estimate of drug-likeness (QED) is 0.627. The third-order valence-electron chi connectivity index (χ3n) is 3.54. The van der Waals surface area contributed by atoms with Gasteiger partial charge in [-0.05, 0) is 36.8 Å². The molecule has 0 fully saturated rings. The lowest BCUT2D eigenvalue weighted by atomic mass is 10.1. The lowest BCUT2D eigenvalue weighted by Gasteiger charge is -2.18. The molecule has 0 radical (unpaired) electrons. The van der Waals surface area contributed by atoms with Crippen LogP contribution in [-0.2, 0) is 6.54 Å². The predicted molar refractivity (Wildman–Crippen MR) is 86.6 cm³/mol. The van der Waals surface area contributed by atoms with Crippen molar-refractivity contribution in [2.45, 2.75) is 13.5 Å². The highest BCUT2D eigenvalue weighted by atomic mass is 16.6. The van der Waals surface area contributed by atoms with Gasteiger partial charge in [-0.15, -0.1) is 0 Å². The van der Waals surface area contributed by atoms with E-state index < -0.39 is 4.92 Å². The fourth-order valence-corrected chi connectivity index (χ4v) is 2.33. The number of nitrogens with zero attached hydrogens (tertiary/aromatic N) is 2. The van der Waals surface area contributed by atoms with Gasteiger partial charge in [0.1, 0.15) is 5.75 Å². The van der Waals surface area contributed by atoms with Crippen LogP contribution in [0, 0.1) is 17.0 Å². The number of carbonyl (C=O) groups excluding carboxylic acids is 1. The van der Waals surface area contributed by atoms with Crippen LogP contribution in [-0.4, -0.2) is 29.9 Å². The molecule has 0 heterocycles. The van der Waals surface area contributed by atoms with Crippen LogP contribution in [0.25, 0.3) is 0 Å².